The molecular weight excluding hydrogens is 294 g/mol. The molecule has 1 aromatic carbocycles. The molecule has 1 aliphatic heterocycles. The first-order valence-electron chi connectivity index (χ1n) is 6.20. The van der Waals surface area contributed by atoms with Crippen molar-refractivity contribution in [3.63, 3.8) is 0 Å². The molecule has 1 aromatic rings. The lowest BCUT2D eigenvalue weighted by atomic mass is 10.1. The highest BCUT2D eigenvalue weighted by atomic mass is 79.9. The van der Waals surface area contributed by atoms with Gasteiger partial charge in [-0.15, -0.1) is 0 Å². The number of hydrogen-bond donors (Lipinski definition) is 0. The number of amides is 1. The second-order valence-corrected chi connectivity index (χ2v) is 5.59. The molecule has 4 heteroatoms. The van der Waals surface area contributed by atoms with Gasteiger partial charge in [0, 0.05) is 24.7 Å². The van der Waals surface area contributed by atoms with Gasteiger partial charge in [0.15, 0.2) is 0 Å². The van der Waals surface area contributed by atoms with Crippen LogP contribution in [-0.2, 0) is 4.74 Å². The van der Waals surface area contributed by atoms with Crippen molar-refractivity contribution < 1.29 is 9.53 Å². The fourth-order valence-corrected chi connectivity index (χ4v) is 2.70. The zero-order valence-corrected chi connectivity index (χ0v) is 12.4. The second kappa shape index (κ2) is 5.85. The molecule has 0 bridgehead atoms. The standard InChI is InChI=1S/C14H18BrNO2/c1-10-5-6-13(15)12(8-10)14(17)16-7-3-4-11(9-16)18-2/h5-6,8,11H,3-4,7,9H2,1-2H3. The molecular formula is C14H18BrNO2. The lowest BCUT2D eigenvalue weighted by Crippen LogP contribution is -2.43. The first-order valence-corrected chi connectivity index (χ1v) is 6.99. The molecule has 0 N–H and O–H groups in total. The van der Waals surface area contributed by atoms with Crippen molar-refractivity contribution in [2.75, 3.05) is 20.2 Å². The topological polar surface area (TPSA) is 29.5 Å². The number of hydrogen-bond acceptors (Lipinski definition) is 2. The first kappa shape index (κ1) is 13.6. The van der Waals surface area contributed by atoms with E-state index in [1.54, 1.807) is 7.11 Å². The zero-order chi connectivity index (χ0) is 13.1. The molecule has 18 heavy (non-hydrogen) atoms. The third-order valence-corrected chi connectivity index (χ3v) is 4.04. The third kappa shape index (κ3) is 2.93. The van der Waals surface area contributed by atoms with E-state index >= 15 is 0 Å². The van der Waals surface area contributed by atoms with E-state index in [4.69, 9.17) is 4.74 Å². The van der Waals surface area contributed by atoms with Crippen molar-refractivity contribution in [2.24, 2.45) is 0 Å². The molecule has 2 rings (SSSR count). The number of ether oxygens (including phenoxy) is 1. The molecule has 1 atom stereocenters. The van der Waals surface area contributed by atoms with Gasteiger partial charge in [0.1, 0.15) is 0 Å². The SMILES string of the molecule is COC1CCCN(C(=O)c2cc(C)ccc2Br)C1. The zero-order valence-electron chi connectivity index (χ0n) is 10.8. The van der Waals surface area contributed by atoms with Crippen LogP contribution in [0.4, 0.5) is 0 Å². The van der Waals surface area contributed by atoms with Crippen LogP contribution in [-0.4, -0.2) is 37.1 Å². The summed E-state index contributed by atoms with van der Waals surface area (Å²) in [5.41, 5.74) is 1.84. The van der Waals surface area contributed by atoms with Gasteiger partial charge in [-0.25, -0.2) is 0 Å². The van der Waals surface area contributed by atoms with Gasteiger partial charge < -0.3 is 9.64 Å². The molecule has 0 aromatic heterocycles. The number of benzene rings is 1. The molecule has 1 amide bonds. The molecule has 1 heterocycles. The predicted octanol–water partition coefficient (Wildman–Crippen LogP) is 3.01. The number of likely N-dealkylation sites (tertiary alicyclic amines) is 1. The summed E-state index contributed by atoms with van der Waals surface area (Å²) in [6.45, 7) is 3.51. The highest BCUT2D eigenvalue weighted by Gasteiger charge is 2.25. The van der Waals surface area contributed by atoms with Crippen molar-refractivity contribution in [1.82, 2.24) is 4.90 Å². The van der Waals surface area contributed by atoms with E-state index in [-0.39, 0.29) is 12.0 Å². The molecule has 0 spiro atoms. The van der Waals surface area contributed by atoms with Gasteiger partial charge in [-0.2, -0.15) is 0 Å². The lowest BCUT2D eigenvalue weighted by Gasteiger charge is -2.32. The van der Waals surface area contributed by atoms with Gasteiger partial charge in [-0.1, -0.05) is 11.6 Å². The Hall–Kier alpha value is -0.870. The van der Waals surface area contributed by atoms with Gasteiger partial charge >= 0.3 is 0 Å². The number of nitrogens with zero attached hydrogens (tertiary/aromatic N) is 1. The summed E-state index contributed by atoms with van der Waals surface area (Å²) in [6.07, 6.45) is 2.22. The van der Waals surface area contributed by atoms with Crippen molar-refractivity contribution in [2.45, 2.75) is 25.9 Å². The van der Waals surface area contributed by atoms with E-state index in [0.29, 0.717) is 6.54 Å². The van der Waals surface area contributed by atoms with E-state index in [1.165, 1.54) is 0 Å². The maximum Gasteiger partial charge on any atom is 0.255 e. The molecule has 1 saturated heterocycles. The van der Waals surface area contributed by atoms with E-state index in [0.717, 1.165) is 35.0 Å². The minimum atomic E-state index is 0.0901. The molecule has 0 aliphatic carbocycles. The van der Waals surface area contributed by atoms with Gasteiger partial charge in [-0.3, -0.25) is 4.79 Å². The number of piperidine rings is 1. The molecule has 0 saturated carbocycles. The maximum absolute atomic E-state index is 12.5. The van der Waals surface area contributed by atoms with Gasteiger partial charge in [0.25, 0.3) is 5.91 Å². The van der Waals surface area contributed by atoms with Crippen LogP contribution in [0.1, 0.15) is 28.8 Å². The van der Waals surface area contributed by atoms with Crippen LogP contribution in [0.15, 0.2) is 22.7 Å². The summed E-state index contributed by atoms with van der Waals surface area (Å²) in [6, 6.07) is 5.86. The van der Waals surface area contributed by atoms with E-state index in [2.05, 4.69) is 15.9 Å². The number of aryl methyl sites for hydroxylation is 1. The number of halogens is 1. The summed E-state index contributed by atoms with van der Waals surface area (Å²) in [5, 5.41) is 0. The van der Waals surface area contributed by atoms with Gasteiger partial charge in [0.2, 0.25) is 0 Å². The molecule has 1 fully saturated rings. The molecule has 1 aliphatic rings. The van der Waals surface area contributed by atoms with Crippen LogP contribution in [0, 0.1) is 6.92 Å². The minimum absolute atomic E-state index is 0.0901. The largest absolute Gasteiger partial charge is 0.380 e. The van der Waals surface area contributed by atoms with E-state index in [9.17, 15) is 4.79 Å². The molecule has 98 valence electrons. The van der Waals surface area contributed by atoms with Crippen molar-refractivity contribution in [1.29, 1.82) is 0 Å². The Bertz CT molecular complexity index is 447. The van der Waals surface area contributed by atoms with Crippen LogP contribution in [0.3, 0.4) is 0 Å². The van der Waals surface area contributed by atoms with Gasteiger partial charge in [0.05, 0.1) is 11.7 Å². The Labute approximate surface area is 116 Å². The average Bonchev–Trinajstić information content (AvgIpc) is 2.41. The predicted molar refractivity (Wildman–Crippen MR) is 74.8 cm³/mol. The Balaban J connectivity index is 2.17. The summed E-state index contributed by atoms with van der Waals surface area (Å²) in [7, 11) is 1.71. The van der Waals surface area contributed by atoms with Crippen LogP contribution in [0.2, 0.25) is 0 Å². The molecule has 3 nitrogen and oxygen atoms in total. The maximum atomic E-state index is 12.5. The fourth-order valence-electron chi connectivity index (χ4n) is 2.29. The lowest BCUT2D eigenvalue weighted by molar-refractivity contribution is 0.0268. The Morgan fingerprint density at radius 1 is 1.50 bits per heavy atom. The number of rotatable bonds is 2. The Morgan fingerprint density at radius 2 is 2.28 bits per heavy atom. The summed E-state index contributed by atoms with van der Waals surface area (Å²) in [5.74, 6) is 0.0901. The van der Waals surface area contributed by atoms with Gasteiger partial charge in [-0.05, 0) is 47.8 Å². The van der Waals surface area contributed by atoms with E-state index < -0.39 is 0 Å². The van der Waals surface area contributed by atoms with Crippen molar-refractivity contribution in [3.8, 4) is 0 Å². The number of methoxy groups -OCH3 is 1. The normalized spacial score (nSPS) is 19.9. The number of carbonyl (C=O) groups is 1. The minimum Gasteiger partial charge on any atom is -0.380 e. The van der Waals surface area contributed by atoms with E-state index in [1.807, 2.05) is 30.0 Å². The molecule has 0 radical (unpaired) electrons. The van der Waals surface area contributed by atoms with Crippen LogP contribution in [0.5, 0.6) is 0 Å². The monoisotopic (exact) mass is 311 g/mol. The summed E-state index contributed by atoms with van der Waals surface area (Å²) >= 11 is 3.45. The third-order valence-electron chi connectivity index (χ3n) is 3.35. The quantitative estimate of drug-likeness (QED) is 0.840. The molecule has 1 unspecified atom stereocenters. The van der Waals surface area contributed by atoms with Crippen molar-refractivity contribution >= 4 is 21.8 Å². The smallest absolute Gasteiger partial charge is 0.255 e. The fraction of sp³-hybridized carbons (Fsp3) is 0.500. The number of carbonyl (C=O) groups excluding carboxylic acids is 1. The highest BCUT2D eigenvalue weighted by molar-refractivity contribution is 9.10. The second-order valence-electron chi connectivity index (χ2n) is 4.73. The average molecular weight is 312 g/mol. The summed E-state index contributed by atoms with van der Waals surface area (Å²) < 4.78 is 6.21. The Morgan fingerprint density at radius 3 is 3.00 bits per heavy atom. The first-order chi connectivity index (χ1) is 8.61. The van der Waals surface area contributed by atoms with Crippen LogP contribution >= 0.6 is 15.9 Å². The van der Waals surface area contributed by atoms with Crippen LogP contribution < -0.4 is 0 Å². The van der Waals surface area contributed by atoms with Crippen molar-refractivity contribution in [3.05, 3.63) is 33.8 Å². The van der Waals surface area contributed by atoms with Crippen LogP contribution in [0.25, 0.3) is 0 Å². The summed E-state index contributed by atoms with van der Waals surface area (Å²) in [4.78, 5) is 14.4. The highest BCUT2D eigenvalue weighted by Crippen LogP contribution is 2.22. The Kier molecular flexibility index (Phi) is 4.40.